The van der Waals surface area contributed by atoms with Crippen molar-refractivity contribution >= 4 is 6.21 Å². The van der Waals surface area contributed by atoms with Crippen molar-refractivity contribution in [2.75, 3.05) is 13.6 Å². The van der Waals surface area contributed by atoms with Gasteiger partial charge in [0.2, 0.25) is 0 Å². The molecule has 0 amide bonds. The third-order valence-corrected chi connectivity index (χ3v) is 1.01. The molecule has 0 aromatic rings. The van der Waals surface area contributed by atoms with Gasteiger partial charge in [-0.1, -0.05) is 0 Å². The average Bonchev–Trinajstić information content (AvgIpc) is 1.89. The highest BCUT2D eigenvalue weighted by molar-refractivity contribution is 5.71. The number of nitrogens with zero attached hydrogens (tertiary/aromatic N) is 1. The third-order valence-electron chi connectivity index (χ3n) is 1.01. The molecular weight excluding hydrogens is 112 g/mol. The Labute approximate surface area is 56.7 Å². The second-order valence-electron chi connectivity index (χ2n) is 1.75. The van der Waals surface area contributed by atoms with Crippen LogP contribution >= 0.6 is 0 Å². The molecule has 1 N–H and O–H groups in total. The molecule has 2 nitrogen and oxygen atoms in total. The summed E-state index contributed by atoms with van der Waals surface area (Å²) in [6.45, 7) is 4.87. The smallest absolute Gasteiger partial charge is 0.0360 e. The minimum absolute atomic E-state index is 0.855. The molecule has 52 valence electrons. The van der Waals surface area contributed by atoms with Crippen molar-refractivity contribution in [2.24, 2.45) is 4.99 Å². The molecule has 0 rings (SSSR count). The van der Waals surface area contributed by atoms with E-state index in [0.717, 1.165) is 12.2 Å². The molecular formula is C7H14N2. The Kier molecular flexibility index (Phi) is 4.88. The van der Waals surface area contributed by atoms with Gasteiger partial charge in [0.15, 0.2) is 0 Å². The zero-order valence-electron chi connectivity index (χ0n) is 6.31. The summed E-state index contributed by atoms with van der Waals surface area (Å²) >= 11 is 0. The molecule has 0 aliphatic heterocycles. The molecule has 0 aliphatic rings. The summed E-state index contributed by atoms with van der Waals surface area (Å²) in [5.74, 6) is 0. The van der Waals surface area contributed by atoms with Crippen molar-refractivity contribution < 1.29 is 0 Å². The first-order valence-electron chi connectivity index (χ1n) is 3.15. The number of rotatable bonds is 3. The number of hydrogen-bond donors (Lipinski definition) is 1. The lowest BCUT2D eigenvalue weighted by atomic mass is 10.4. The van der Waals surface area contributed by atoms with Crippen LogP contribution in [0.5, 0.6) is 0 Å². The first-order valence-corrected chi connectivity index (χ1v) is 3.15. The minimum atomic E-state index is 0.855. The lowest BCUT2D eigenvalue weighted by Gasteiger charge is -1.92. The van der Waals surface area contributed by atoms with Crippen LogP contribution in [0.15, 0.2) is 16.8 Å². The van der Waals surface area contributed by atoms with Gasteiger partial charge in [0.05, 0.1) is 0 Å². The number of nitrogens with one attached hydrogen (secondary N) is 1. The minimum Gasteiger partial charge on any atom is -0.392 e. The molecule has 0 aliphatic carbocycles. The van der Waals surface area contributed by atoms with Gasteiger partial charge in [0, 0.05) is 25.5 Å². The van der Waals surface area contributed by atoms with Crippen molar-refractivity contribution in [3.63, 3.8) is 0 Å². The first kappa shape index (κ1) is 8.21. The summed E-state index contributed by atoms with van der Waals surface area (Å²) in [7, 11) is 1.89. The molecule has 0 bridgehead atoms. The highest BCUT2D eigenvalue weighted by Crippen LogP contribution is 1.79. The van der Waals surface area contributed by atoms with Gasteiger partial charge in [-0.2, -0.15) is 0 Å². The maximum Gasteiger partial charge on any atom is 0.0360 e. The summed E-state index contributed by atoms with van der Waals surface area (Å²) in [4.78, 5) is 4.02. The van der Waals surface area contributed by atoms with E-state index in [9.17, 15) is 0 Å². The topological polar surface area (TPSA) is 24.4 Å². The standard InChI is InChI=1S/C7H14N2/c1-4-9-6-5-7(2)8-3/h5-6,8H,4H2,1-3H3/b7-5-,9-6?. The van der Waals surface area contributed by atoms with Crippen LogP contribution < -0.4 is 5.32 Å². The zero-order valence-corrected chi connectivity index (χ0v) is 6.31. The van der Waals surface area contributed by atoms with Crippen LogP contribution in [0.3, 0.4) is 0 Å². The largest absolute Gasteiger partial charge is 0.392 e. The summed E-state index contributed by atoms with van der Waals surface area (Å²) in [5, 5.41) is 2.99. The van der Waals surface area contributed by atoms with E-state index in [2.05, 4.69) is 10.3 Å². The number of aliphatic imine (C=N–C) groups is 1. The van der Waals surface area contributed by atoms with Gasteiger partial charge in [0.1, 0.15) is 0 Å². The van der Waals surface area contributed by atoms with E-state index in [-0.39, 0.29) is 0 Å². The van der Waals surface area contributed by atoms with Crippen molar-refractivity contribution in [3.05, 3.63) is 11.8 Å². The molecule has 0 aromatic heterocycles. The molecule has 0 fully saturated rings. The second kappa shape index (κ2) is 5.35. The lowest BCUT2D eigenvalue weighted by molar-refractivity contribution is 0.993. The van der Waals surface area contributed by atoms with E-state index in [1.54, 1.807) is 0 Å². The third kappa shape index (κ3) is 5.07. The van der Waals surface area contributed by atoms with Crippen molar-refractivity contribution in [1.82, 2.24) is 5.32 Å². The monoisotopic (exact) mass is 126 g/mol. The van der Waals surface area contributed by atoms with Crippen LogP contribution in [-0.4, -0.2) is 19.8 Å². The van der Waals surface area contributed by atoms with E-state index in [0.29, 0.717) is 0 Å². The van der Waals surface area contributed by atoms with Crippen LogP contribution in [0.4, 0.5) is 0 Å². The molecule has 0 radical (unpaired) electrons. The molecule has 9 heavy (non-hydrogen) atoms. The van der Waals surface area contributed by atoms with Gasteiger partial charge >= 0.3 is 0 Å². The Morgan fingerprint density at radius 3 is 2.78 bits per heavy atom. The molecule has 0 aromatic carbocycles. The fourth-order valence-corrected chi connectivity index (χ4v) is 0.353. The fraction of sp³-hybridized carbons (Fsp3) is 0.571. The Balaban J connectivity index is 3.55. The lowest BCUT2D eigenvalue weighted by Crippen LogP contribution is -2.01. The van der Waals surface area contributed by atoms with Gasteiger partial charge in [0.25, 0.3) is 0 Å². The first-order chi connectivity index (χ1) is 4.31. The maximum atomic E-state index is 4.02. The van der Waals surface area contributed by atoms with E-state index >= 15 is 0 Å². The molecule has 0 unspecified atom stereocenters. The van der Waals surface area contributed by atoms with Crippen molar-refractivity contribution in [3.8, 4) is 0 Å². The number of allylic oxidation sites excluding steroid dienone is 2. The SMILES string of the molecule is CCN=C/C=C(/C)NC. The van der Waals surface area contributed by atoms with Crippen molar-refractivity contribution in [1.29, 1.82) is 0 Å². The Morgan fingerprint density at radius 2 is 2.33 bits per heavy atom. The van der Waals surface area contributed by atoms with Gasteiger partial charge in [-0.3, -0.25) is 4.99 Å². The van der Waals surface area contributed by atoms with E-state index < -0.39 is 0 Å². The van der Waals surface area contributed by atoms with Gasteiger partial charge in [-0.15, -0.1) is 0 Å². The van der Waals surface area contributed by atoms with E-state index in [4.69, 9.17) is 0 Å². The van der Waals surface area contributed by atoms with E-state index in [1.165, 1.54) is 0 Å². The van der Waals surface area contributed by atoms with Crippen molar-refractivity contribution in [2.45, 2.75) is 13.8 Å². The average molecular weight is 126 g/mol. The van der Waals surface area contributed by atoms with Crippen LogP contribution in [-0.2, 0) is 0 Å². The predicted octanol–water partition coefficient (Wildman–Crippen LogP) is 1.20. The Morgan fingerprint density at radius 1 is 1.67 bits per heavy atom. The Hall–Kier alpha value is -0.790. The molecule has 0 atom stereocenters. The van der Waals surface area contributed by atoms with Crippen LogP contribution in [0.2, 0.25) is 0 Å². The summed E-state index contributed by atoms with van der Waals surface area (Å²) < 4.78 is 0. The quantitative estimate of drug-likeness (QED) is 0.564. The molecule has 0 spiro atoms. The van der Waals surface area contributed by atoms with Gasteiger partial charge in [-0.05, 0) is 19.9 Å². The summed E-state index contributed by atoms with van der Waals surface area (Å²) in [6.07, 6.45) is 3.76. The van der Waals surface area contributed by atoms with Crippen LogP contribution in [0.25, 0.3) is 0 Å². The highest BCUT2D eigenvalue weighted by atomic mass is 14.8. The van der Waals surface area contributed by atoms with E-state index in [1.807, 2.05) is 33.2 Å². The second-order valence-corrected chi connectivity index (χ2v) is 1.75. The normalized spacial score (nSPS) is 12.6. The van der Waals surface area contributed by atoms with Gasteiger partial charge < -0.3 is 5.32 Å². The maximum absolute atomic E-state index is 4.02. The van der Waals surface area contributed by atoms with Crippen LogP contribution in [0.1, 0.15) is 13.8 Å². The molecule has 2 heteroatoms. The summed E-state index contributed by atoms with van der Waals surface area (Å²) in [5.41, 5.74) is 1.13. The molecule has 0 saturated carbocycles. The fourth-order valence-electron chi connectivity index (χ4n) is 0.353. The Bertz CT molecular complexity index is 114. The molecule has 0 saturated heterocycles. The molecule has 0 heterocycles. The number of hydrogen-bond acceptors (Lipinski definition) is 2. The zero-order chi connectivity index (χ0) is 7.11. The highest BCUT2D eigenvalue weighted by Gasteiger charge is 1.74. The predicted molar refractivity (Wildman–Crippen MR) is 41.8 cm³/mol. The van der Waals surface area contributed by atoms with Crippen LogP contribution in [0, 0.1) is 0 Å². The van der Waals surface area contributed by atoms with Gasteiger partial charge in [-0.25, -0.2) is 0 Å². The summed E-state index contributed by atoms with van der Waals surface area (Å²) in [6, 6.07) is 0.